The summed E-state index contributed by atoms with van der Waals surface area (Å²) < 4.78 is 1.37. The van der Waals surface area contributed by atoms with Crippen LogP contribution in [0.2, 0.25) is 0 Å². The van der Waals surface area contributed by atoms with Crippen LogP contribution in [0.4, 0.5) is 11.5 Å². The van der Waals surface area contributed by atoms with Crippen LogP contribution in [-0.4, -0.2) is 32.5 Å². The maximum Gasteiger partial charge on any atom is 0.330 e. The molecule has 90 valence electrons. The molecule has 1 unspecified atom stereocenters. The van der Waals surface area contributed by atoms with E-state index in [0.29, 0.717) is 6.42 Å². The van der Waals surface area contributed by atoms with Crippen LogP contribution in [0.5, 0.6) is 0 Å². The predicted molar refractivity (Wildman–Crippen MR) is 59.3 cm³/mol. The molecule has 0 aromatic carbocycles. The van der Waals surface area contributed by atoms with Gasteiger partial charge in [0.2, 0.25) is 5.82 Å². The number of nitrogens with zero attached hydrogens (tertiary/aromatic N) is 3. The lowest BCUT2D eigenvalue weighted by atomic mass is 10.2. The number of nitro groups is 1. The van der Waals surface area contributed by atoms with E-state index in [-0.39, 0.29) is 18.1 Å². The number of aromatic nitrogens is 2. The quantitative estimate of drug-likeness (QED) is 0.557. The van der Waals surface area contributed by atoms with Crippen LogP contribution in [0.25, 0.3) is 0 Å². The van der Waals surface area contributed by atoms with Gasteiger partial charge in [0, 0.05) is 13.6 Å². The minimum absolute atomic E-state index is 0.0776. The smallest absolute Gasteiger partial charge is 0.330 e. The van der Waals surface area contributed by atoms with Crippen molar-refractivity contribution in [3.05, 3.63) is 16.3 Å². The number of nitrogens with one attached hydrogen (secondary N) is 1. The van der Waals surface area contributed by atoms with E-state index in [1.165, 1.54) is 10.9 Å². The largest absolute Gasteiger partial charge is 0.391 e. The molecule has 1 heterocycles. The molecule has 0 aliphatic heterocycles. The summed E-state index contributed by atoms with van der Waals surface area (Å²) in [5, 5.41) is 26.8. The molecule has 7 nitrogen and oxygen atoms in total. The van der Waals surface area contributed by atoms with Crippen LogP contribution in [-0.2, 0) is 7.05 Å². The zero-order valence-corrected chi connectivity index (χ0v) is 9.38. The van der Waals surface area contributed by atoms with Gasteiger partial charge in [0.15, 0.2) is 0 Å². The van der Waals surface area contributed by atoms with Gasteiger partial charge in [-0.15, -0.1) is 5.10 Å². The predicted octanol–water partition coefficient (Wildman–Crippen LogP) is 0.901. The Morgan fingerprint density at radius 3 is 3.00 bits per heavy atom. The van der Waals surface area contributed by atoms with Crippen LogP contribution >= 0.6 is 0 Å². The topological polar surface area (TPSA) is 93.2 Å². The molecule has 1 rings (SSSR count). The highest BCUT2D eigenvalue weighted by Gasteiger charge is 2.18. The van der Waals surface area contributed by atoms with Crippen LogP contribution in [0.3, 0.4) is 0 Å². The molecule has 16 heavy (non-hydrogen) atoms. The van der Waals surface area contributed by atoms with E-state index >= 15 is 0 Å². The molecular formula is C9H16N4O3. The first-order valence-electron chi connectivity index (χ1n) is 5.14. The third-order valence-electron chi connectivity index (χ3n) is 2.13. The molecule has 0 amide bonds. The summed E-state index contributed by atoms with van der Waals surface area (Å²) in [7, 11) is 1.61. The fourth-order valence-electron chi connectivity index (χ4n) is 1.39. The summed E-state index contributed by atoms with van der Waals surface area (Å²) in [6, 6.07) is 0. The minimum atomic E-state index is -0.508. The summed E-state index contributed by atoms with van der Waals surface area (Å²) in [6.45, 7) is 2.23. The van der Waals surface area contributed by atoms with E-state index in [1.807, 2.05) is 6.92 Å². The summed E-state index contributed by atoms with van der Waals surface area (Å²) in [6.07, 6.45) is 2.35. The van der Waals surface area contributed by atoms with E-state index in [1.54, 1.807) is 7.05 Å². The van der Waals surface area contributed by atoms with Gasteiger partial charge in [0.25, 0.3) is 0 Å². The van der Waals surface area contributed by atoms with Crippen molar-refractivity contribution in [2.45, 2.75) is 25.9 Å². The Bertz CT molecular complexity index is 364. The Kier molecular flexibility index (Phi) is 4.24. The van der Waals surface area contributed by atoms with Crippen molar-refractivity contribution >= 4 is 11.5 Å². The summed E-state index contributed by atoms with van der Waals surface area (Å²) in [5.74, 6) is 0.197. The summed E-state index contributed by atoms with van der Waals surface area (Å²) in [4.78, 5) is 10.2. The second-order valence-electron chi connectivity index (χ2n) is 3.62. The first-order valence-corrected chi connectivity index (χ1v) is 5.14. The number of hydrogen-bond acceptors (Lipinski definition) is 5. The number of anilines is 1. The molecule has 0 saturated carbocycles. The second kappa shape index (κ2) is 5.45. The zero-order valence-electron chi connectivity index (χ0n) is 9.38. The molecule has 0 saturated heterocycles. The molecule has 2 N–H and O–H groups in total. The number of rotatable bonds is 6. The lowest BCUT2D eigenvalue weighted by Crippen LogP contribution is -2.19. The van der Waals surface area contributed by atoms with E-state index < -0.39 is 11.0 Å². The zero-order chi connectivity index (χ0) is 12.1. The fraction of sp³-hybridized carbons (Fsp3) is 0.667. The second-order valence-corrected chi connectivity index (χ2v) is 3.62. The lowest BCUT2D eigenvalue weighted by Gasteiger charge is -2.09. The van der Waals surface area contributed by atoms with Gasteiger partial charge in [-0.1, -0.05) is 13.3 Å². The molecule has 0 spiro atoms. The monoisotopic (exact) mass is 228 g/mol. The molecule has 7 heteroatoms. The first-order chi connectivity index (χ1) is 7.54. The van der Waals surface area contributed by atoms with Gasteiger partial charge in [0.1, 0.15) is 6.20 Å². The Morgan fingerprint density at radius 1 is 1.75 bits per heavy atom. The SMILES string of the molecule is CCCC(O)CNc1nn(C)cc1[N+](=O)[O-]. The van der Waals surface area contributed by atoms with Crippen molar-refractivity contribution in [2.24, 2.45) is 7.05 Å². The fourth-order valence-corrected chi connectivity index (χ4v) is 1.39. The van der Waals surface area contributed by atoms with Crippen LogP contribution in [0.15, 0.2) is 6.20 Å². The Balaban J connectivity index is 2.62. The van der Waals surface area contributed by atoms with Gasteiger partial charge in [-0.2, -0.15) is 0 Å². The van der Waals surface area contributed by atoms with E-state index in [0.717, 1.165) is 6.42 Å². The maximum absolute atomic E-state index is 10.7. The normalized spacial score (nSPS) is 12.4. The number of aliphatic hydroxyl groups is 1. The summed E-state index contributed by atoms with van der Waals surface area (Å²) >= 11 is 0. The number of aliphatic hydroxyl groups excluding tert-OH is 1. The molecule has 0 aliphatic rings. The molecule has 0 aliphatic carbocycles. The van der Waals surface area contributed by atoms with Gasteiger partial charge in [-0.25, -0.2) is 0 Å². The van der Waals surface area contributed by atoms with E-state index in [4.69, 9.17) is 0 Å². The average Bonchev–Trinajstić information content (AvgIpc) is 2.57. The highest BCUT2D eigenvalue weighted by molar-refractivity contribution is 5.54. The molecule has 0 radical (unpaired) electrons. The standard InChI is InChI=1S/C9H16N4O3/c1-3-4-7(14)5-10-9-8(13(15)16)6-12(2)11-9/h6-7,14H,3-5H2,1-2H3,(H,10,11). The molecular weight excluding hydrogens is 212 g/mol. The van der Waals surface area contributed by atoms with Gasteiger partial charge >= 0.3 is 5.69 Å². The summed E-state index contributed by atoms with van der Waals surface area (Å²) in [5.41, 5.74) is -0.0776. The molecule has 1 atom stereocenters. The number of hydrogen-bond donors (Lipinski definition) is 2. The maximum atomic E-state index is 10.7. The van der Waals surface area contributed by atoms with E-state index in [9.17, 15) is 15.2 Å². The molecule has 1 aromatic heterocycles. The third kappa shape index (κ3) is 3.20. The first kappa shape index (κ1) is 12.4. The van der Waals surface area contributed by atoms with Crippen LogP contribution in [0, 0.1) is 10.1 Å². The number of aryl methyl sites for hydroxylation is 1. The molecule has 1 aromatic rings. The Labute approximate surface area is 93.2 Å². The Hall–Kier alpha value is -1.63. The lowest BCUT2D eigenvalue weighted by molar-refractivity contribution is -0.384. The van der Waals surface area contributed by atoms with Crippen molar-refractivity contribution in [1.82, 2.24) is 9.78 Å². The highest BCUT2D eigenvalue weighted by atomic mass is 16.6. The average molecular weight is 228 g/mol. The van der Waals surface area contributed by atoms with E-state index in [2.05, 4.69) is 10.4 Å². The highest BCUT2D eigenvalue weighted by Crippen LogP contribution is 2.21. The van der Waals surface area contributed by atoms with Gasteiger partial charge in [-0.05, 0) is 6.42 Å². The molecule has 0 bridgehead atoms. The third-order valence-corrected chi connectivity index (χ3v) is 2.13. The minimum Gasteiger partial charge on any atom is -0.391 e. The van der Waals surface area contributed by atoms with Crippen molar-refractivity contribution in [3.8, 4) is 0 Å². The Morgan fingerprint density at radius 2 is 2.44 bits per heavy atom. The van der Waals surface area contributed by atoms with Crippen LogP contribution < -0.4 is 5.32 Å². The van der Waals surface area contributed by atoms with Crippen molar-refractivity contribution in [3.63, 3.8) is 0 Å². The van der Waals surface area contributed by atoms with Crippen molar-refractivity contribution < 1.29 is 10.0 Å². The van der Waals surface area contributed by atoms with Gasteiger partial charge in [-0.3, -0.25) is 14.8 Å². The van der Waals surface area contributed by atoms with Gasteiger partial charge < -0.3 is 10.4 Å². The molecule has 0 fully saturated rings. The van der Waals surface area contributed by atoms with Gasteiger partial charge in [0.05, 0.1) is 11.0 Å². The van der Waals surface area contributed by atoms with Crippen LogP contribution in [0.1, 0.15) is 19.8 Å². The van der Waals surface area contributed by atoms with Crippen molar-refractivity contribution in [1.29, 1.82) is 0 Å². The van der Waals surface area contributed by atoms with Crippen molar-refractivity contribution in [2.75, 3.05) is 11.9 Å².